The number of carbonyl (C=O) groups is 1. The molecule has 0 saturated heterocycles. The topological polar surface area (TPSA) is 67.8 Å². The first-order chi connectivity index (χ1) is 14.5. The molecular formula is C25H37NO4Si. The normalized spacial score (nSPS) is 13.5. The van der Waals surface area contributed by atoms with Crippen LogP contribution in [0.2, 0.25) is 5.04 Å². The van der Waals surface area contributed by atoms with Crippen molar-refractivity contribution in [2.75, 3.05) is 13.2 Å². The van der Waals surface area contributed by atoms with E-state index in [1.165, 1.54) is 10.4 Å². The molecule has 0 radical (unpaired) electrons. The maximum Gasteiger partial charge on any atom is 0.407 e. The van der Waals surface area contributed by atoms with E-state index in [1.807, 2.05) is 32.9 Å². The summed E-state index contributed by atoms with van der Waals surface area (Å²) in [7, 11) is -2.63. The average Bonchev–Trinajstić information content (AvgIpc) is 2.69. The zero-order chi connectivity index (χ0) is 23.1. The van der Waals surface area contributed by atoms with Crippen LogP contribution in [0, 0.1) is 0 Å². The van der Waals surface area contributed by atoms with Crippen LogP contribution in [0.5, 0.6) is 0 Å². The average molecular weight is 444 g/mol. The highest BCUT2D eigenvalue weighted by Gasteiger charge is 2.50. The van der Waals surface area contributed by atoms with Gasteiger partial charge in [-0.2, -0.15) is 0 Å². The summed E-state index contributed by atoms with van der Waals surface area (Å²) < 4.78 is 12.1. The number of aliphatic hydroxyl groups excluding tert-OH is 1. The van der Waals surface area contributed by atoms with Gasteiger partial charge >= 0.3 is 6.09 Å². The summed E-state index contributed by atoms with van der Waals surface area (Å²) in [5.41, 5.74) is -0.588. The van der Waals surface area contributed by atoms with E-state index in [0.717, 1.165) is 0 Å². The standard InChI is InChI=1S/C25H37NO4Si/c1-24(2,3)30-23(28)26-20(19-27)17-18-29-31(25(4,5)6,21-13-9-7-10-14-21)22-15-11-8-12-16-22/h7-16,20,27H,17-19H2,1-6H3,(H,26,28)/t20-/m0/s1. The van der Waals surface area contributed by atoms with E-state index in [-0.39, 0.29) is 11.6 Å². The Bertz CT molecular complexity index is 773. The summed E-state index contributed by atoms with van der Waals surface area (Å²) >= 11 is 0. The highest BCUT2D eigenvalue weighted by atomic mass is 28.4. The number of aliphatic hydroxyl groups is 1. The van der Waals surface area contributed by atoms with Crippen LogP contribution in [0.4, 0.5) is 4.79 Å². The number of hydrogen-bond acceptors (Lipinski definition) is 4. The summed E-state index contributed by atoms with van der Waals surface area (Å²) in [6.45, 7) is 12.3. The van der Waals surface area contributed by atoms with Gasteiger partial charge in [0.1, 0.15) is 5.60 Å². The molecule has 2 aromatic rings. The SMILES string of the molecule is CC(C)(C)OC(=O)N[C@H](CO)CCO[Si](c1ccccc1)(c1ccccc1)C(C)(C)C. The Morgan fingerprint density at radius 2 is 1.42 bits per heavy atom. The van der Waals surface area contributed by atoms with Crippen LogP contribution in [-0.4, -0.2) is 44.4 Å². The number of alkyl carbamates (subject to hydrolysis) is 1. The smallest absolute Gasteiger partial charge is 0.407 e. The molecule has 0 aliphatic carbocycles. The first-order valence-corrected chi connectivity index (χ1v) is 12.8. The largest absolute Gasteiger partial charge is 0.444 e. The van der Waals surface area contributed by atoms with Crippen LogP contribution in [0.3, 0.4) is 0 Å². The number of amides is 1. The third kappa shape index (κ3) is 6.66. The molecule has 2 N–H and O–H groups in total. The predicted octanol–water partition coefficient (Wildman–Crippen LogP) is 3.84. The lowest BCUT2D eigenvalue weighted by Crippen LogP contribution is -2.66. The van der Waals surface area contributed by atoms with E-state index in [2.05, 4.69) is 74.6 Å². The molecule has 0 unspecified atom stereocenters. The van der Waals surface area contributed by atoms with Gasteiger partial charge in [0.05, 0.1) is 12.6 Å². The molecule has 0 saturated carbocycles. The van der Waals surface area contributed by atoms with Crippen LogP contribution in [0.1, 0.15) is 48.0 Å². The van der Waals surface area contributed by atoms with Gasteiger partial charge in [0.2, 0.25) is 0 Å². The molecule has 0 aromatic heterocycles. The summed E-state index contributed by atoms with van der Waals surface area (Å²) in [6.07, 6.45) is -0.0442. The molecular weight excluding hydrogens is 406 g/mol. The van der Waals surface area contributed by atoms with Crippen molar-refractivity contribution in [2.24, 2.45) is 0 Å². The van der Waals surface area contributed by atoms with Crippen molar-refractivity contribution >= 4 is 24.8 Å². The lowest BCUT2D eigenvalue weighted by atomic mass is 10.2. The lowest BCUT2D eigenvalue weighted by molar-refractivity contribution is 0.0473. The number of nitrogens with one attached hydrogen (secondary N) is 1. The Morgan fingerprint density at radius 3 is 1.81 bits per heavy atom. The van der Waals surface area contributed by atoms with Gasteiger partial charge in [-0.05, 0) is 42.6 Å². The van der Waals surface area contributed by atoms with Crippen LogP contribution >= 0.6 is 0 Å². The molecule has 2 aromatic carbocycles. The maximum atomic E-state index is 12.1. The van der Waals surface area contributed by atoms with Crippen molar-refractivity contribution in [3.8, 4) is 0 Å². The maximum absolute atomic E-state index is 12.1. The summed E-state index contributed by atoms with van der Waals surface area (Å²) in [4.78, 5) is 12.1. The fourth-order valence-electron chi connectivity index (χ4n) is 3.80. The van der Waals surface area contributed by atoms with Gasteiger partial charge in [0, 0.05) is 6.61 Å². The van der Waals surface area contributed by atoms with Gasteiger partial charge < -0.3 is 19.6 Å². The minimum Gasteiger partial charge on any atom is -0.444 e. The Labute approximate surface area is 187 Å². The Morgan fingerprint density at radius 1 is 0.935 bits per heavy atom. The molecule has 0 bridgehead atoms. The van der Waals surface area contributed by atoms with Crippen LogP contribution in [-0.2, 0) is 9.16 Å². The number of hydrogen-bond donors (Lipinski definition) is 2. The molecule has 0 heterocycles. The molecule has 170 valence electrons. The zero-order valence-electron chi connectivity index (χ0n) is 19.6. The zero-order valence-corrected chi connectivity index (χ0v) is 20.6. The van der Waals surface area contributed by atoms with Crippen molar-refractivity contribution in [1.82, 2.24) is 5.32 Å². The number of rotatable bonds is 8. The van der Waals surface area contributed by atoms with Crippen molar-refractivity contribution in [1.29, 1.82) is 0 Å². The van der Waals surface area contributed by atoms with Crippen molar-refractivity contribution < 1.29 is 19.1 Å². The molecule has 1 atom stereocenters. The lowest BCUT2D eigenvalue weighted by Gasteiger charge is -2.43. The Balaban J connectivity index is 2.25. The second-order valence-electron chi connectivity index (χ2n) is 9.83. The van der Waals surface area contributed by atoms with Crippen LogP contribution < -0.4 is 15.7 Å². The van der Waals surface area contributed by atoms with Crippen LogP contribution in [0.25, 0.3) is 0 Å². The van der Waals surface area contributed by atoms with Crippen molar-refractivity contribution in [2.45, 2.75) is 64.6 Å². The molecule has 2 rings (SSSR count). The minimum absolute atomic E-state index is 0.122. The number of ether oxygens (including phenoxy) is 1. The van der Waals surface area contributed by atoms with Gasteiger partial charge in [-0.15, -0.1) is 0 Å². The van der Waals surface area contributed by atoms with Gasteiger partial charge in [-0.3, -0.25) is 0 Å². The molecule has 6 heteroatoms. The van der Waals surface area contributed by atoms with E-state index >= 15 is 0 Å². The van der Waals surface area contributed by atoms with E-state index in [1.54, 1.807) is 0 Å². The fraction of sp³-hybridized carbons (Fsp3) is 0.480. The highest BCUT2D eigenvalue weighted by molar-refractivity contribution is 6.99. The highest BCUT2D eigenvalue weighted by Crippen LogP contribution is 2.36. The minimum atomic E-state index is -2.63. The van der Waals surface area contributed by atoms with Crippen molar-refractivity contribution in [3.05, 3.63) is 60.7 Å². The molecule has 5 nitrogen and oxygen atoms in total. The third-order valence-electron chi connectivity index (χ3n) is 5.14. The monoisotopic (exact) mass is 443 g/mol. The first-order valence-electron chi connectivity index (χ1n) is 10.8. The Kier molecular flexibility index (Phi) is 8.46. The quantitative estimate of drug-likeness (QED) is 0.609. The molecule has 0 fully saturated rings. The Hall–Kier alpha value is -2.15. The number of benzene rings is 2. The van der Waals surface area contributed by atoms with Gasteiger partial charge in [0.25, 0.3) is 8.32 Å². The van der Waals surface area contributed by atoms with Gasteiger partial charge in [-0.25, -0.2) is 4.79 Å². The fourth-order valence-corrected chi connectivity index (χ4v) is 8.38. The third-order valence-corrected chi connectivity index (χ3v) is 10.2. The van der Waals surface area contributed by atoms with E-state index in [0.29, 0.717) is 13.0 Å². The van der Waals surface area contributed by atoms with Gasteiger partial charge in [-0.1, -0.05) is 81.4 Å². The second kappa shape index (κ2) is 10.4. The van der Waals surface area contributed by atoms with E-state index in [4.69, 9.17) is 9.16 Å². The summed E-state index contributed by atoms with van der Waals surface area (Å²) in [5, 5.41) is 14.8. The van der Waals surface area contributed by atoms with Crippen molar-refractivity contribution in [3.63, 3.8) is 0 Å². The summed E-state index contributed by atoms with van der Waals surface area (Å²) in [5.74, 6) is 0. The first kappa shape index (κ1) is 25.1. The summed E-state index contributed by atoms with van der Waals surface area (Å²) in [6, 6.07) is 20.4. The molecule has 1 amide bonds. The molecule has 0 aliphatic rings. The van der Waals surface area contributed by atoms with Crippen LogP contribution in [0.15, 0.2) is 60.7 Å². The second-order valence-corrected chi connectivity index (χ2v) is 14.1. The molecule has 0 spiro atoms. The van der Waals surface area contributed by atoms with Gasteiger partial charge in [0.15, 0.2) is 0 Å². The predicted molar refractivity (Wildman–Crippen MR) is 128 cm³/mol. The van der Waals surface area contributed by atoms with E-state index in [9.17, 15) is 9.90 Å². The van der Waals surface area contributed by atoms with E-state index < -0.39 is 26.1 Å². The molecule has 0 aliphatic heterocycles. The molecule has 31 heavy (non-hydrogen) atoms. The number of carbonyl (C=O) groups excluding carboxylic acids is 1.